The van der Waals surface area contributed by atoms with E-state index in [0.29, 0.717) is 22.5 Å². The SMILES string of the molecule is CC(=O)c1cccc(Nc2ccc(C(C)=O)cc2N)c1. The molecular weight excluding hydrogens is 252 g/mol. The van der Waals surface area contributed by atoms with Gasteiger partial charge in [0.1, 0.15) is 0 Å². The summed E-state index contributed by atoms with van der Waals surface area (Å²) >= 11 is 0. The van der Waals surface area contributed by atoms with Gasteiger partial charge in [-0.25, -0.2) is 0 Å². The highest BCUT2D eigenvalue weighted by Crippen LogP contribution is 2.25. The van der Waals surface area contributed by atoms with Crippen LogP contribution in [0.4, 0.5) is 17.1 Å². The molecule has 0 heterocycles. The summed E-state index contributed by atoms with van der Waals surface area (Å²) in [4.78, 5) is 22.6. The molecule has 0 unspecified atom stereocenters. The number of carbonyl (C=O) groups is 2. The molecule has 0 saturated carbocycles. The van der Waals surface area contributed by atoms with Crippen LogP contribution in [0.3, 0.4) is 0 Å². The molecule has 2 aromatic carbocycles. The maximum absolute atomic E-state index is 11.3. The zero-order chi connectivity index (χ0) is 14.7. The summed E-state index contributed by atoms with van der Waals surface area (Å²) in [6.45, 7) is 3.02. The highest BCUT2D eigenvalue weighted by molar-refractivity contribution is 5.97. The molecule has 0 fully saturated rings. The van der Waals surface area contributed by atoms with E-state index in [1.807, 2.05) is 6.07 Å². The number of nitrogens with one attached hydrogen (secondary N) is 1. The van der Waals surface area contributed by atoms with Crippen molar-refractivity contribution in [3.05, 3.63) is 53.6 Å². The van der Waals surface area contributed by atoms with E-state index in [9.17, 15) is 9.59 Å². The van der Waals surface area contributed by atoms with E-state index in [2.05, 4.69) is 5.32 Å². The van der Waals surface area contributed by atoms with Crippen LogP contribution in [-0.4, -0.2) is 11.6 Å². The van der Waals surface area contributed by atoms with Crippen LogP contribution in [-0.2, 0) is 0 Å². The van der Waals surface area contributed by atoms with Gasteiger partial charge in [-0.3, -0.25) is 9.59 Å². The van der Waals surface area contributed by atoms with Crippen LogP contribution in [0.15, 0.2) is 42.5 Å². The van der Waals surface area contributed by atoms with E-state index >= 15 is 0 Å². The molecule has 0 aliphatic heterocycles. The van der Waals surface area contributed by atoms with Crippen molar-refractivity contribution in [2.75, 3.05) is 11.1 Å². The average molecular weight is 268 g/mol. The van der Waals surface area contributed by atoms with Crippen LogP contribution in [0, 0.1) is 0 Å². The Morgan fingerprint density at radius 1 is 0.950 bits per heavy atom. The van der Waals surface area contributed by atoms with Crippen molar-refractivity contribution in [2.45, 2.75) is 13.8 Å². The molecule has 3 N–H and O–H groups in total. The number of rotatable bonds is 4. The van der Waals surface area contributed by atoms with Gasteiger partial charge in [0.25, 0.3) is 0 Å². The number of ketones is 2. The Balaban J connectivity index is 2.28. The predicted molar refractivity (Wildman–Crippen MR) is 80.6 cm³/mol. The minimum Gasteiger partial charge on any atom is -0.397 e. The first kappa shape index (κ1) is 13.8. The molecule has 0 aromatic heterocycles. The maximum Gasteiger partial charge on any atom is 0.159 e. The first-order valence-electron chi connectivity index (χ1n) is 6.26. The van der Waals surface area contributed by atoms with Crippen molar-refractivity contribution in [2.24, 2.45) is 0 Å². The summed E-state index contributed by atoms with van der Waals surface area (Å²) in [5, 5.41) is 3.15. The number of carbonyl (C=O) groups excluding carboxylic acids is 2. The molecule has 0 saturated heterocycles. The third kappa shape index (κ3) is 3.03. The van der Waals surface area contributed by atoms with Crippen molar-refractivity contribution in [3.63, 3.8) is 0 Å². The monoisotopic (exact) mass is 268 g/mol. The van der Waals surface area contributed by atoms with E-state index < -0.39 is 0 Å². The Labute approximate surface area is 117 Å². The lowest BCUT2D eigenvalue weighted by atomic mass is 10.1. The zero-order valence-corrected chi connectivity index (χ0v) is 11.4. The Hall–Kier alpha value is -2.62. The molecular formula is C16H16N2O2. The molecule has 0 aliphatic rings. The van der Waals surface area contributed by atoms with E-state index in [1.165, 1.54) is 13.8 Å². The van der Waals surface area contributed by atoms with E-state index in [-0.39, 0.29) is 11.6 Å². The molecule has 102 valence electrons. The van der Waals surface area contributed by atoms with Gasteiger partial charge in [-0.05, 0) is 44.2 Å². The number of nitrogen functional groups attached to an aromatic ring is 1. The van der Waals surface area contributed by atoms with E-state index in [0.717, 1.165) is 5.69 Å². The summed E-state index contributed by atoms with van der Waals surface area (Å²) in [7, 11) is 0. The van der Waals surface area contributed by atoms with Crippen molar-refractivity contribution >= 4 is 28.6 Å². The lowest BCUT2D eigenvalue weighted by Crippen LogP contribution is -2.00. The third-order valence-electron chi connectivity index (χ3n) is 3.01. The topological polar surface area (TPSA) is 72.2 Å². The van der Waals surface area contributed by atoms with Crippen LogP contribution in [0.25, 0.3) is 0 Å². The van der Waals surface area contributed by atoms with Crippen molar-refractivity contribution in [3.8, 4) is 0 Å². The van der Waals surface area contributed by atoms with E-state index in [4.69, 9.17) is 5.73 Å². The number of nitrogens with two attached hydrogens (primary N) is 1. The molecule has 0 radical (unpaired) electrons. The fourth-order valence-electron chi connectivity index (χ4n) is 1.87. The van der Waals surface area contributed by atoms with Crippen molar-refractivity contribution in [1.82, 2.24) is 0 Å². The Kier molecular flexibility index (Phi) is 3.84. The molecule has 20 heavy (non-hydrogen) atoms. The van der Waals surface area contributed by atoms with Gasteiger partial charge in [-0.1, -0.05) is 12.1 Å². The number of hydrogen-bond donors (Lipinski definition) is 2. The fourth-order valence-corrected chi connectivity index (χ4v) is 1.87. The summed E-state index contributed by atoms with van der Waals surface area (Å²) in [6, 6.07) is 12.3. The van der Waals surface area contributed by atoms with E-state index in [1.54, 1.807) is 36.4 Å². The smallest absolute Gasteiger partial charge is 0.159 e. The second-order valence-corrected chi connectivity index (χ2v) is 4.62. The summed E-state index contributed by atoms with van der Waals surface area (Å²) < 4.78 is 0. The number of hydrogen-bond acceptors (Lipinski definition) is 4. The summed E-state index contributed by atoms with van der Waals surface area (Å²) in [5.41, 5.74) is 9.10. The second kappa shape index (κ2) is 5.57. The molecule has 4 heteroatoms. The Morgan fingerprint density at radius 3 is 2.20 bits per heavy atom. The van der Waals surface area contributed by atoms with Gasteiger partial charge in [0.05, 0.1) is 11.4 Å². The molecule has 0 spiro atoms. The number of benzene rings is 2. The Bertz CT molecular complexity index is 678. The van der Waals surface area contributed by atoms with Crippen LogP contribution in [0.5, 0.6) is 0 Å². The minimum atomic E-state index is -0.0261. The average Bonchev–Trinajstić information content (AvgIpc) is 2.41. The molecule has 2 rings (SSSR count). The number of anilines is 3. The zero-order valence-electron chi connectivity index (χ0n) is 11.4. The molecule has 0 aliphatic carbocycles. The Morgan fingerprint density at radius 2 is 1.60 bits per heavy atom. The molecule has 0 amide bonds. The van der Waals surface area contributed by atoms with Crippen LogP contribution >= 0.6 is 0 Å². The highest BCUT2D eigenvalue weighted by atomic mass is 16.1. The van der Waals surface area contributed by atoms with Gasteiger partial charge in [0.15, 0.2) is 11.6 Å². The minimum absolute atomic E-state index is 0.00792. The van der Waals surface area contributed by atoms with Gasteiger partial charge in [-0.15, -0.1) is 0 Å². The van der Waals surface area contributed by atoms with Crippen molar-refractivity contribution in [1.29, 1.82) is 0 Å². The molecule has 4 nitrogen and oxygen atoms in total. The highest BCUT2D eigenvalue weighted by Gasteiger charge is 2.06. The van der Waals surface area contributed by atoms with Gasteiger partial charge in [0, 0.05) is 16.8 Å². The lowest BCUT2D eigenvalue weighted by Gasteiger charge is -2.11. The van der Waals surface area contributed by atoms with Gasteiger partial charge in [0.2, 0.25) is 0 Å². The standard InChI is InChI=1S/C16H16N2O2/c1-10(19)12-4-3-5-14(8-12)18-16-7-6-13(11(2)20)9-15(16)17/h3-9,18H,17H2,1-2H3. The lowest BCUT2D eigenvalue weighted by molar-refractivity contribution is 0.100. The molecule has 2 aromatic rings. The second-order valence-electron chi connectivity index (χ2n) is 4.62. The number of Topliss-reactive ketones (excluding diaryl/α,β-unsaturated/α-hetero) is 2. The first-order chi connectivity index (χ1) is 9.47. The van der Waals surface area contributed by atoms with Gasteiger partial charge >= 0.3 is 0 Å². The van der Waals surface area contributed by atoms with Crippen molar-refractivity contribution < 1.29 is 9.59 Å². The quantitative estimate of drug-likeness (QED) is 0.658. The molecule has 0 atom stereocenters. The van der Waals surface area contributed by atoms with Crippen LogP contribution < -0.4 is 11.1 Å². The maximum atomic E-state index is 11.3. The normalized spacial score (nSPS) is 10.1. The van der Waals surface area contributed by atoms with Gasteiger partial charge < -0.3 is 11.1 Å². The predicted octanol–water partition coefficient (Wildman–Crippen LogP) is 3.42. The first-order valence-corrected chi connectivity index (χ1v) is 6.26. The fraction of sp³-hybridized carbons (Fsp3) is 0.125. The molecule has 0 bridgehead atoms. The summed E-state index contributed by atoms with van der Waals surface area (Å²) in [6.07, 6.45) is 0. The van der Waals surface area contributed by atoms with Crippen LogP contribution in [0.1, 0.15) is 34.6 Å². The van der Waals surface area contributed by atoms with Gasteiger partial charge in [-0.2, -0.15) is 0 Å². The third-order valence-corrected chi connectivity index (χ3v) is 3.01. The summed E-state index contributed by atoms with van der Waals surface area (Å²) in [5.74, 6) is -0.0182. The largest absolute Gasteiger partial charge is 0.397 e. The van der Waals surface area contributed by atoms with Crippen LogP contribution in [0.2, 0.25) is 0 Å².